The van der Waals surface area contributed by atoms with Gasteiger partial charge in [-0.05, 0) is 43.7 Å². The van der Waals surface area contributed by atoms with Gasteiger partial charge in [0.05, 0.1) is 0 Å². The van der Waals surface area contributed by atoms with Gasteiger partial charge in [-0.1, -0.05) is 12.8 Å². The summed E-state index contributed by atoms with van der Waals surface area (Å²) in [6.07, 6.45) is 11.1. The van der Waals surface area contributed by atoms with Gasteiger partial charge < -0.3 is 15.5 Å². The highest BCUT2D eigenvalue weighted by Crippen LogP contribution is 2.26. The maximum atomic E-state index is 12.0. The van der Waals surface area contributed by atoms with Crippen LogP contribution in [0.5, 0.6) is 0 Å². The molecule has 1 aromatic rings. The Bertz CT molecular complexity index is 465. The van der Waals surface area contributed by atoms with Crippen LogP contribution < -0.4 is 10.6 Å². The van der Waals surface area contributed by atoms with E-state index in [0.29, 0.717) is 6.04 Å². The lowest BCUT2D eigenvalue weighted by atomic mass is 10.0. The van der Waals surface area contributed by atoms with Crippen molar-refractivity contribution in [1.29, 1.82) is 0 Å². The lowest BCUT2D eigenvalue weighted by Gasteiger charge is -2.33. The topological polar surface area (TPSA) is 57.3 Å². The normalized spacial score (nSPS) is 20.9. The number of aromatic nitrogens is 1. The van der Waals surface area contributed by atoms with E-state index in [1.54, 1.807) is 24.5 Å². The minimum atomic E-state index is -0.111. The van der Waals surface area contributed by atoms with E-state index in [1.807, 2.05) is 0 Å². The first-order chi connectivity index (χ1) is 10.8. The van der Waals surface area contributed by atoms with Crippen LogP contribution in [0.25, 0.3) is 0 Å². The van der Waals surface area contributed by atoms with Gasteiger partial charge in [-0.15, -0.1) is 0 Å². The molecule has 2 N–H and O–H groups in total. The molecule has 22 heavy (non-hydrogen) atoms. The number of likely N-dealkylation sites (tertiary alicyclic amines) is 1. The number of amides is 2. The van der Waals surface area contributed by atoms with Crippen molar-refractivity contribution in [3.8, 4) is 0 Å². The SMILES string of the molecule is O=C(Nc1ccncc1)NC1CCN(CC2CCCC2)CC1. The van der Waals surface area contributed by atoms with Gasteiger partial charge >= 0.3 is 6.03 Å². The van der Waals surface area contributed by atoms with Crippen LogP contribution in [-0.2, 0) is 0 Å². The van der Waals surface area contributed by atoms with Gasteiger partial charge in [-0.25, -0.2) is 4.79 Å². The average Bonchev–Trinajstić information content (AvgIpc) is 3.03. The van der Waals surface area contributed by atoms with Crippen molar-refractivity contribution in [1.82, 2.24) is 15.2 Å². The van der Waals surface area contributed by atoms with Crippen molar-refractivity contribution >= 4 is 11.7 Å². The first kappa shape index (κ1) is 15.3. The first-order valence-electron chi connectivity index (χ1n) is 8.49. The number of rotatable bonds is 4. The number of hydrogen-bond donors (Lipinski definition) is 2. The molecule has 2 heterocycles. The third kappa shape index (κ3) is 4.44. The highest BCUT2D eigenvalue weighted by atomic mass is 16.2. The number of hydrogen-bond acceptors (Lipinski definition) is 3. The molecule has 0 spiro atoms. The van der Waals surface area contributed by atoms with Gasteiger partial charge in [0.15, 0.2) is 0 Å². The average molecular weight is 302 g/mol. The number of carbonyl (C=O) groups is 1. The van der Waals surface area contributed by atoms with Crippen LogP contribution in [-0.4, -0.2) is 41.6 Å². The van der Waals surface area contributed by atoms with Crippen LogP contribution in [0.4, 0.5) is 10.5 Å². The summed E-state index contributed by atoms with van der Waals surface area (Å²) in [7, 11) is 0. The lowest BCUT2D eigenvalue weighted by molar-refractivity contribution is 0.173. The summed E-state index contributed by atoms with van der Waals surface area (Å²) in [5.41, 5.74) is 0.783. The van der Waals surface area contributed by atoms with Crippen molar-refractivity contribution in [2.24, 2.45) is 5.92 Å². The number of nitrogens with zero attached hydrogens (tertiary/aromatic N) is 2. The number of urea groups is 1. The molecule has 5 nitrogen and oxygen atoms in total. The number of piperidine rings is 1. The zero-order valence-corrected chi connectivity index (χ0v) is 13.1. The minimum absolute atomic E-state index is 0.111. The smallest absolute Gasteiger partial charge is 0.319 e. The maximum absolute atomic E-state index is 12.0. The predicted molar refractivity (Wildman–Crippen MR) is 87.8 cm³/mol. The second kappa shape index (κ2) is 7.58. The fourth-order valence-electron chi connectivity index (χ4n) is 3.61. The Morgan fingerprint density at radius 1 is 1.14 bits per heavy atom. The molecule has 2 fully saturated rings. The van der Waals surface area contributed by atoms with Crippen LogP contribution >= 0.6 is 0 Å². The summed E-state index contributed by atoms with van der Waals surface area (Å²) in [4.78, 5) is 18.5. The third-order valence-corrected chi connectivity index (χ3v) is 4.85. The molecule has 2 amide bonds. The fraction of sp³-hybridized carbons (Fsp3) is 0.647. The van der Waals surface area contributed by atoms with Crippen LogP contribution in [0.3, 0.4) is 0 Å². The lowest BCUT2D eigenvalue weighted by Crippen LogP contribution is -2.46. The largest absolute Gasteiger partial charge is 0.335 e. The Morgan fingerprint density at radius 3 is 2.50 bits per heavy atom. The zero-order valence-electron chi connectivity index (χ0n) is 13.1. The van der Waals surface area contributed by atoms with E-state index in [0.717, 1.165) is 37.5 Å². The molecule has 2 aliphatic rings. The van der Waals surface area contributed by atoms with Gasteiger partial charge in [0.1, 0.15) is 0 Å². The summed E-state index contributed by atoms with van der Waals surface area (Å²) in [6.45, 7) is 3.48. The molecule has 0 atom stereocenters. The van der Waals surface area contributed by atoms with E-state index >= 15 is 0 Å². The molecule has 1 aromatic heterocycles. The Morgan fingerprint density at radius 2 is 1.82 bits per heavy atom. The van der Waals surface area contributed by atoms with Crippen molar-refractivity contribution in [3.63, 3.8) is 0 Å². The van der Waals surface area contributed by atoms with Gasteiger partial charge in [0.25, 0.3) is 0 Å². The molecule has 3 rings (SSSR count). The van der Waals surface area contributed by atoms with Gasteiger partial charge in [-0.2, -0.15) is 0 Å². The van der Waals surface area contributed by atoms with E-state index in [2.05, 4.69) is 20.5 Å². The second-order valence-corrected chi connectivity index (χ2v) is 6.56. The summed E-state index contributed by atoms with van der Waals surface area (Å²) < 4.78 is 0. The molecule has 5 heteroatoms. The summed E-state index contributed by atoms with van der Waals surface area (Å²) in [5, 5.41) is 5.94. The monoisotopic (exact) mass is 302 g/mol. The summed E-state index contributed by atoms with van der Waals surface area (Å²) >= 11 is 0. The van der Waals surface area contributed by atoms with E-state index in [9.17, 15) is 4.79 Å². The minimum Gasteiger partial charge on any atom is -0.335 e. The Balaban J connectivity index is 1.37. The highest BCUT2D eigenvalue weighted by Gasteiger charge is 2.24. The van der Waals surface area contributed by atoms with Crippen LogP contribution in [0.15, 0.2) is 24.5 Å². The first-order valence-corrected chi connectivity index (χ1v) is 8.49. The number of pyridine rings is 1. The maximum Gasteiger partial charge on any atom is 0.319 e. The van der Waals surface area contributed by atoms with Crippen molar-refractivity contribution in [2.45, 2.75) is 44.6 Å². The van der Waals surface area contributed by atoms with E-state index < -0.39 is 0 Å². The quantitative estimate of drug-likeness (QED) is 0.899. The highest BCUT2D eigenvalue weighted by molar-refractivity contribution is 5.89. The van der Waals surface area contributed by atoms with Crippen molar-refractivity contribution in [2.75, 3.05) is 25.0 Å². The summed E-state index contributed by atoms with van der Waals surface area (Å²) in [6, 6.07) is 3.77. The Labute approximate surface area is 132 Å². The van der Waals surface area contributed by atoms with E-state index in [4.69, 9.17) is 0 Å². The molecule has 0 aromatic carbocycles. The molecule has 1 saturated heterocycles. The van der Waals surface area contributed by atoms with Crippen LogP contribution in [0.1, 0.15) is 38.5 Å². The predicted octanol–water partition coefficient (Wildman–Crippen LogP) is 2.86. The van der Waals surface area contributed by atoms with Gasteiger partial charge in [0.2, 0.25) is 0 Å². The van der Waals surface area contributed by atoms with E-state index in [1.165, 1.54) is 32.2 Å². The molecule has 1 saturated carbocycles. The molecule has 1 aliphatic carbocycles. The molecule has 0 radical (unpaired) electrons. The fourth-order valence-corrected chi connectivity index (χ4v) is 3.61. The van der Waals surface area contributed by atoms with Crippen LogP contribution in [0, 0.1) is 5.92 Å². The number of anilines is 1. The molecule has 120 valence electrons. The molecule has 1 aliphatic heterocycles. The van der Waals surface area contributed by atoms with Gasteiger partial charge in [0, 0.05) is 43.8 Å². The van der Waals surface area contributed by atoms with Crippen LogP contribution in [0.2, 0.25) is 0 Å². The molecular formula is C17H26N4O. The number of nitrogens with one attached hydrogen (secondary N) is 2. The Kier molecular flexibility index (Phi) is 5.27. The summed E-state index contributed by atoms with van der Waals surface area (Å²) in [5.74, 6) is 0.916. The van der Waals surface area contributed by atoms with Crippen molar-refractivity contribution in [3.05, 3.63) is 24.5 Å². The molecule has 0 bridgehead atoms. The third-order valence-electron chi connectivity index (χ3n) is 4.85. The Hall–Kier alpha value is -1.62. The second-order valence-electron chi connectivity index (χ2n) is 6.56. The molecular weight excluding hydrogens is 276 g/mol. The standard InChI is InChI=1S/C17H26N4O/c22-17(19-15-5-9-18-10-6-15)20-16-7-11-21(12-8-16)13-14-3-1-2-4-14/h5-6,9-10,14,16H,1-4,7-8,11-13H2,(H2,18,19,20,22). The van der Waals surface area contributed by atoms with Gasteiger partial charge in [-0.3, -0.25) is 4.98 Å². The van der Waals surface area contributed by atoms with Crippen molar-refractivity contribution < 1.29 is 4.79 Å². The molecule has 0 unspecified atom stereocenters. The number of carbonyl (C=O) groups excluding carboxylic acids is 1. The van der Waals surface area contributed by atoms with E-state index in [-0.39, 0.29) is 6.03 Å². The zero-order chi connectivity index (χ0) is 15.2.